The molecule has 0 saturated heterocycles. The third-order valence-corrected chi connectivity index (χ3v) is 2.96. The number of carboxylic acids is 1. The second-order valence-corrected chi connectivity index (χ2v) is 4.29. The van der Waals surface area contributed by atoms with E-state index in [1.807, 2.05) is 18.2 Å². The highest BCUT2D eigenvalue weighted by atomic mass is 16.5. The van der Waals surface area contributed by atoms with Crippen LogP contribution >= 0.6 is 0 Å². The molecule has 4 nitrogen and oxygen atoms in total. The molecule has 104 valence electrons. The first-order valence-corrected chi connectivity index (χ1v) is 6.25. The van der Waals surface area contributed by atoms with Gasteiger partial charge >= 0.3 is 5.97 Å². The van der Waals surface area contributed by atoms with Crippen molar-refractivity contribution < 1.29 is 19.4 Å². The minimum Gasteiger partial charge on any atom is -0.497 e. The third kappa shape index (κ3) is 3.51. The molecule has 1 atom stereocenters. The van der Waals surface area contributed by atoms with Crippen LogP contribution in [0.2, 0.25) is 0 Å². The molecule has 2 aromatic carbocycles. The maximum Gasteiger partial charge on any atom is 0.314 e. The van der Waals surface area contributed by atoms with Gasteiger partial charge in [-0.05, 0) is 17.7 Å². The normalized spacial score (nSPS) is 11.7. The first kappa shape index (κ1) is 13.9. The topological polar surface area (TPSA) is 55.8 Å². The Balaban J connectivity index is 2.08. The van der Waals surface area contributed by atoms with Crippen molar-refractivity contribution in [1.82, 2.24) is 0 Å². The SMILES string of the molecule is COc1cccc(OCC(C(=O)O)c2ccccc2)c1. The van der Waals surface area contributed by atoms with Crippen molar-refractivity contribution >= 4 is 5.97 Å². The number of rotatable bonds is 6. The van der Waals surface area contributed by atoms with Crippen LogP contribution in [0.1, 0.15) is 11.5 Å². The van der Waals surface area contributed by atoms with E-state index in [0.717, 1.165) is 5.56 Å². The van der Waals surface area contributed by atoms with E-state index < -0.39 is 11.9 Å². The van der Waals surface area contributed by atoms with Crippen molar-refractivity contribution in [2.24, 2.45) is 0 Å². The summed E-state index contributed by atoms with van der Waals surface area (Å²) in [5, 5.41) is 9.30. The molecule has 2 aromatic rings. The first-order valence-electron chi connectivity index (χ1n) is 6.25. The zero-order valence-corrected chi connectivity index (χ0v) is 11.2. The number of carbonyl (C=O) groups is 1. The van der Waals surface area contributed by atoms with E-state index in [9.17, 15) is 9.90 Å². The Labute approximate surface area is 117 Å². The maximum absolute atomic E-state index is 11.3. The van der Waals surface area contributed by atoms with Gasteiger partial charge in [0.2, 0.25) is 0 Å². The van der Waals surface area contributed by atoms with Crippen LogP contribution in [0.15, 0.2) is 54.6 Å². The molecule has 0 heterocycles. The van der Waals surface area contributed by atoms with Gasteiger partial charge < -0.3 is 14.6 Å². The van der Waals surface area contributed by atoms with Crippen LogP contribution in [0, 0.1) is 0 Å². The molecule has 0 spiro atoms. The number of ether oxygens (including phenoxy) is 2. The number of carboxylic acid groups (broad SMARTS) is 1. The molecule has 0 saturated carbocycles. The van der Waals surface area contributed by atoms with Gasteiger partial charge in [0, 0.05) is 6.07 Å². The molecule has 2 rings (SSSR count). The highest BCUT2D eigenvalue weighted by molar-refractivity contribution is 5.76. The van der Waals surface area contributed by atoms with E-state index in [2.05, 4.69) is 0 Å². The van der Waals surface area contributed by atoms with Gasteiger partial charge in [0.15, 0.2) is 0 Å². The van der Waals surface area contributed by atoms with Crippen LogP contribution in [-0.4, -0.2) is 24.8 Å². The molecule has 1 N–H and O–H groups in total. The van der Waals surface area contributed by atoms with Crippen LogP contribution in [0.4, 0.5) is 0 Å². The Hall–Kier alpha value is -2.49. The average Bonchev–Trinajstić information content (AvgIpc) is 2.48. The highest BCUT2D eigenvalue weighted by Gasteiger charge is 2.20. The lowest BCUT2D eigenvalue weighted by atomic mass is 10.0. The monoisotopic (exact) mass is 272 g/mol. The fourth-order valence-corrected chi connectivity index (χ4v) is 1.87. The van der Waals surface area contributed by atoms with E-state index >= 15 is 0 Å². The van der Waals surface area contributed by atoms with E-state index in [4.69, 9.17) is 9.47 Å². The largest absolute Gasteiger partial charge is 0.497 e. The Kier molecular flexibility index (Phi) is 4.60. The summed E-state index contributed by atoms with van der Waals surface area (Å²) in [6.07, 6.45) is 0. The molecular formula is C16H16O4. The van der Waals surface area contributed by atoms with Gasteiger partial charge in [-0.15, -0.1) is 0 Å². The minimum atomic E-state index is -0.904. The molecule has 0 radical (unpaired) electrons. The fraction of sp³-hybridized carbons (Fsp3) is 0.188. The summed E-state index contributed by atoms with van der Waals surface area (Å²) in [6, 6.07) is 16.2. The standard InChI is InChI=1S/C16H16O4/c1-19-13-8-5-9-14(10-13)20-11-15(16(17)18)12-6-3-2-4-7-12/h2-10,15H,11H2,1H3,(H,17,18). The Morgan fingerprint density at radius 2 is 1.80 bits per heavy atom. The van der Waals surface area contributed by atoms with Crippen molar-refractivity contribution in [3.63, 3.8) is 0 Å². The lowest BCUT2D eigenvalue weighted by molar-refractivity contribution is -0.139. The van der Waals surface area contributed by atoms with Crippen molar-refractivity contribution in [3.05, 3.63) is 60.2 Å². The molecule has 1 unspecified atom stereocenters. The van der Waals surface area contributed by atoms with Crippen LogP contribution < -0.4 is 9.47 Å². The average molecular weight is 272 g/mol. The maximum atomic E-state index is 11.3. The second-order valence-electron chi connectivity index (χ2n) is 4.29. The number of hydrogen-bond donors (Lipinski definition) is 1. The first-order chi connectivity index (χ1) is 9.70. The van der Waals surface area contributed by atoms with Gasteiger partial charge in [0.05, 0.1) is 7.11 Å². The fourth-order valence-electron chi connectivity index (χ4n) is 1.87. The zero-order valence-electron chi connectivity index (χ0n) is 11.2. The van der Waals surface area contributed by atoms with E-state index in [0.29, 0.717) is 11.5 Å². The van der Waals surface area contributed by atoms with E-state index in [-0.39, 0.29) is 6.61 Å². The van der Waals surface area contributed by atoms with Crippen LogP contribution in [0.5, 0.6) is 11.5 Å². The molecular weight excluding hydrogens is 256 g/mol. The van der Waals surface area contributed by atoms with Gasteiger partial charge in [0.25, 0.3) is 0 Å². The van der Waals surface area contributed by atoms with Gasteiger partial charge in [0.1, 0.15) is 24.0 Å². The molecule has 0 aliphatic heterocycles. The van der Waals surface area contributed by atoms with Crippen molar-refractivity contribution in [3.8, 4) is 11.5 Å². The summed E-state index contributed by atoms with van der Waals surface area (Å²) >= 11 is 0. The second kappa shape index (κ2) is 6.61. The molecule has 4 heteroatoms. The minimum absolute atomic E-state index is 0.0759. The summed E-state index contributed by atoms with van der Waals surface area (Å²) in [4.78, 5) is 11.3. The number of benzene rings is 2. The Morgan fingerprint density at radius 1 is 1.10 bits per heavy atom. The smallest absolute Gasteiger partial charge is 0.314 e. The van der Waals surface area contributed by atoms with Gasteiger partial charge in [-0.1, -0.05) is 36.4 Å². The summed E-state index contributed by atoms with van der Waals surface area (Å²) in [5.74, 6) is -0.331. The Morgan fingerprint density at radius 3 is 2.45 bits per heavy atom. The summed E-state index contributed by atoms with van der Waals surface area (Å²) in [5.41, 5.74) is 0.725. The molecule has 0 amide bonds. The number of methoxy groups -OCH3 is 1. The third-order valence-electron chi connectivity index (χ3n) is 2.96. The van der Waals surface area contributed by atoms with E-state index in [1.54, 1.807) is 43.5 Å². The van der Waals surface area contributed by atoms with Gasteiger partial charge in [-0.2, -0.15) is 0 Å². The summed E-state index contributed by atoms with van der Waals surface area (Å²) in [7, 11) is 1.57. The lowest BCUT2D eigenvalue weighted by Crippen LogP contribution is -2.19. The molecule has 0 aromatic heterocycles. The molecule has 0 fully saturated rings. The Bertz CT molecular complexity index is 566. The van der Waals surface area contributed by atoms with Crippen molar-refractivity contribution in [2.75, 3.05) is 13.7 Å². The van der Waals surface area contributed by atoms with Gasteiger partial charge in [-0.25, -0.2) is 0 Å². The van der Waals surface area contributed by atoms with Crippen LogP contribution in [0.25, 0.3) is 0 Å². The highest BCUT2D eigenvalue weighted by Crippen LogP contribution is 2.22. The molecule has 0 aliphatic rings. The quantitative estimate of drug-likeness (QED) is 0.878. The zero-order chi connectivity index (χ0) is 14.4. The van der Waals surface area contributed by atoms with Crippen molar-refractivity contribution in [1.29, 1.82) is 0 Å². The number of aliphatic carboxylic acids is 1. The van der Waals surface area contributed by atoms with Crippen LogP contribution in [-0.2, 0) is 4.79 Å². The molecule has 0 bridgehead atoms. The van der Waals surface area contributed by atoms with Crippen molar-refractivity contribution in [2.45, 2.75) is 5.92 Å². The van der Waals surface area contributed by atoms with Gasteiger partial charge in [-0.3, -0.25) is 4.79 Å². The molecule has 0 aliphatic carbocycles. The predicted octanol–water partition coefficient (Wildman–Crippen LogP) is 2.94. The summed E-state index contributed by atoms with van der Waals surface area (Å²) in [6.45, 7) is 0.0759. The predicted molar refractivity (Wildman–Crippen MR) is 75.3 cm³/mol. The number of hydrogen-bond acceptors (Lipinski definition) is 3. The van der Waals surface area contributed by atoms with E-state index in [1.165, 1.54) is 0 Å². The van der Waals surface area contributed by atoms with Crippen LogP contribution in [0.3, 0.4) is 0 Å². The lowest BCUT2D eigenvalue weighted by Gasteiger charge is -2.14. The molecule has 20 heavy (non-hydrogen) atoms. The summed E-state index contributed by atoms with van der Waals surface area (Å²) < 4.78 is 10.7.